The van der Waals surface area contributed by atoms with Crippen LogP contribution in [0.25, 0.3) is 11.1 Å². The Balaban J connectivity index is 1.05. The monoisotopic (exact) mass is 718 g/mol. The first-order chi connectivity index (χ1) is 25.8. The number of carbonyl (C=O) groups is 3. The van der Waals surface area contributed by atoms with E-state index in [1.54, 1.807) is 0 Å². The molecular weight excluding hydrogens is 672 g/mol. The second kappa shape index (κ2) is 16.3. The number of hydrogen-bond acceptors (Lipinski definition) is 8. The molecule has 0 aromatic heterocycles. The van der Waals surface area contributed by atoms with E-state index in [4.69, 9.17) is 14.6 Å². The van der Waals surface area contributed by atoms with E-state index in [-0.39, 0.29) is 50.0 Å². The van der Waals surface area contributed by atoms with E-state index in [1.807, 2.05) is 91.0 Å². The van der Waals surface area contributed by atoms with Crippen molar-refractivity contribution >= 4 is 23.5 Å². The van der Waals surface area contributed by atoms with E-state index in [9.17, 15) is 19.5 Å². The molecule has 3 atom stereocenters. The summed E-state index contributed by atoms with van der Waals surface area (Å²) < 4.78 is 13.3. The summed E-state index contributed by atoms with van der Waals surface area (Å²) in [6.07, 6.45) is 0.879. The molecule has 3 heterocycles. The van der Waals surface area contributed by atoms with Gasteiger partial charge in [-0.15, -0.1) is 0 Å². The van der Waals surface area contributed by atoms with Crippen LogP contribution in [0.3, 0.4) is 0 Å². The van der Waals surface area contributed by atoms with Gasteiger partial charge in [-0.3, -0.25) is 14.4 Å². The average Bonchev–Trinajstić information content (AvgIpc) is 3.51. The summed E-state index contributed by atoms with van der Waals surface area (Å²) in [5, 5.41) is 24.5. The number of nitrogens with one attached hydrogen (secondary N) is 2. The SMILES string of the molecule is O=C(O)CCC(=O)NCc1ccccc1-c1ccc(C2OC(CN3CCC4(CC3)C(=O)NCN4c3ccccc3)CC(c3ccc(CO)cc3)O2)cc1. The molecule has 53 heavy (non-hydrogen) atoms. The molecule has 0 radical (unpaired) electrons. The maximum atomic E-state index is 13.3. The Morgan fingerprint density at radius 1 is 0.849 bits per heavy atom. The van der Waals surface area contributed by atoms with Crippen molar-refractivity contribution in [2.24, 2.45) is 0 Å². The van der Waals surface area contributed by atoms with Crippen LogP contribution in [0.5, 0.6) is 0 Å². The molecule has 2 amide bonds. The first-order valence-electron chi connectivity index (χ1n) is 18.3. The number of likely N-dealkylation sites (tertiary alicyclic amines) is 1. The van der Waals surface area contributed by atoms with Gasteiger partial charge < -0.3 is 40.1 Å². The molecule has 11 nitrogen and oxygen atoms in total. The van der Waals surface area contributed by atoms with Gasteiger partial charge in [-0.2, -0.15) is 0 Å². The molecule has 4 aromatic carbocycles. The Hall–Kier alpha value is -5.07. The zero-order valence-corrected chi connectivity index (χ0v) is 29.7. The number of carbonyl (C=O) groups excluding carboxylic acids is 2. The minimum Gasteiger partial charge on any atom is -0.481 e. The van der Waals surface area contributed by atoms with Crippen LogP contribution in [-0.4, -0.2) is 70.8 Å². The van der Waals surface area contributed by atoms with Crippen molar-refractivity contribution in [2.45, 2.75) is 69.3 Å². The molecule has 11 heteroatoms. The highest BCUT2D eigenvalue weighted by molar-refractivity contribution is 5.93. The summed E-state index contributed by atoms with van der Waals surface area (Å²) in [6, 6.07) is 33.9. The van der Waals surface area contributed by atoms with Crippen LogP contribution in [0.4, 0.5) is 5.69 Å². The smallest absolute Gasteiger partial charge is 0.303 e. The Morgan fingerprint density at radius 3 is 2.26 bits per heavy atom. The number of anilines is 1. The molecule has 276 valence electrons. The third kappa shape index (κ3) is 8.29. The molecule has 0 aliphatic carbocycles. The van der Waals surface area contributed by atoms with Crippen LogP contribution in [0, 0.1) is 0 Å². The molecule has 3 unspecified atom stereocenters. The molecule has 3 aliphatic heterocycles. The third-order valence-corrected chi connectivity index (χ3v) is 10.7. The number of carboxylic acid groups (broad SMARTS) is 1. The van der Waals surface area contributed by atoms with Gasteiger partial charge in [-0.25, -0.2) is 0 Å². The van der Waals surface area contributed by atoms with Crippen LogP contribution in [-0.2, 0) is 37.0 Å². The lowest BCUT2D eigenvalue weighted by atomic mass is 9.85. The highest BCUT2D eigenvalue weighted by Crippen LogP contribution is 2.40. The van der Waals surface area contributed by atoms with Gasteiger partial charge in [-0.05, 0) is 52.8 Å². The Bertz CT molecular complexity index is 1880. The van der Waals surface area contributed by atoms with Crippen molar-refractivity contribution in [1.82, 2.24) is 15.5 Å². The van der Waals surface area contributed by atoms with Gasteiger partial charge >= 0.3 is 5.97 Å². The minimum absolute atomic E-state index is 0.0249. The van der Waals surface area contributed by atoms with Crippen molar-refractivity contribution in [1.29, 1.82) is 0 Å². The maximum absolute atomic E-state index is 13.3. The quantitative estimate of drug-likeness (QED) is 0.154. The predicted octanol–water partition coefficient (Wildman–Crippen LogP) is 5.30. The third-order valence-electron chi connectivity index (χ3n) is 10.7. The first kappa shape index (κ1) is 36.3. The zero-order valence-electron chi connectivity index (χ0n) is 29.7. The zero-order chi connectivity index (χ0) is 36.8. The lowest BCUT2D eigenvalue weighted by Crippen LogP contribution is -2.57. The van der Waals surface area contributed by atoms with E-state index in [0.29, 0.717) is 19.6 Å². The number of aliphatic carboxylic acids is 1. The molecule has 1 spiro atoms. The van der Waals surface area contributed by atoms with E-state index in [2.05, 4.69) is 32.6 Å². The number of amides is 2. The fourth-order valence-corrected chi connectivity index (χ4v) is 7.74. The fourth-order valence-electron chi connectivity index (χ4n) is 7.74. The largest absolute Gasteiger partial charge is 0.481 e. The number of ether oxygens (including phenoxy) is 2. The number of benzene rings is 4. The lowest BCUT2D eigenvalue weighted by molar-refractivity contribution is -0.253. The van der Waals surface area contributed by atoms with Gasteiger partial charge in [0.25, 0.3) is 0 Å². The van der Waals surface area contributed by atoms with Gasteiger partial charge in [0.1, 0.15) is 5.54 Å². The number of nitrogens with zero attached hydrogens (tertiary/aromatic N) is 2. The lowest BCUT2D eigenvalue weighted by Gasteiger charge is -2.45. The number of aliphatic hydroxyl groups is 1. The summed E-state index contributed by atoms with van der Waals surface area (Å²) in [5.74, 6) is -1.21. The second-order valence-corrected chi connectivity index (χ2v) is 14.1. The molecular formula is C42H46N4O7. The maximum Gasteiger partial charge on any atom is 0.303 e. The van der Waals surface area contributed by atoms with Crippen LogP contribution in [0.1, 0.15) is 66.8 Å². The van der Waals surface area contributed by atoms with E-state index in [0.717, 1.165) is 65.0 Å². The standard InChI is InChI=1S/C42H46N4O7/c47-27-29-10-12-31(13-11-29)37-24-35(26-45-22-20-42(21-23-45)41(51)44-28-46(42)34-7-2-1-3-8-34)52-40(53-37)32-16-14-30(15-17-32)36-9-5-4-6-33(36)25-43-38(48)18-19-39(49)50/h1-17,35,37,40,47H,18-28H2,(H,43,48)(H,44,51)(H,49,50). The molecule has 0 bridgehead atoms. The van der Waals surface area contributed by atoms with E-state index in [1.165, 1.54) is 0 Å². The number of aliphatic hydroxyl groups excluding tert-OH is 1. The molecule has 4 aromatic rings. The molecule has 7 rings (SSSR count). The second-order valence-electron chi connectivity index (χ2n) is 14.1. The number of hydrogen-bond donors (Lipinski definition) is 4. The molecule has 3 saturated heterocycles. The Morgan fingerprint density at radius 2 is 1.55 bits per heavy atom. The van der Waals surface area contributed by atoms with Crippen molar-refractivity contribution in [2.75, 3.05) is 31.2 Å². The highest BCUT2D eigenvalue weighted by atomic mass is 16.7. The number of carboxylic acids is 1. The summed E-state index contributed by atoms with van der Waals surface area (Å²) in [6.45, 7) is 3.02. The number of rotatable bonds is 12. The normalized spacial score (nSPS) is 21.3. The van der Waals surface area contributed by atoms with Crippen molar-refractivity contribution < 1.29 is 34.1 Å². The van der Waals surface area contributed by atoms with Gasteiger partial charge in [0.05, 0.1) is 31.9 Å². The number of piperidine rings is 1. The van der Waals surface area contributed by atoms with Gasteiger partial charge in [0.2, 0.25) is 11.8 Å². The summed E-state index contributed by atoms with van der Waals surface area (Å²) in [5.41, 5.74) is 6.10. The van der Waals surface area contributed by atoms with Crippen molar-refractivity contribution in [3.05, 3.63) is 125 Å². The van der Waals surface area contributed by atoms with E-state index >= 15 is 0 Å². The first-order valence-corrected chi connectivity index (χ1v) is 18.3. The molecule has 4 N–H and O–H groups in total. The number of para-hydroxylation sites is 1. The summed E-state index contributed by atoms with van der Waals surface area (Å²) in [7, 11) is 0. The minimum atomic E-state index is -1.00. The topological polar surface area (TPSA) is 141 Å². The van der Waals surface area contributed by atoms with Crippen LogP contribution in [0.15, 0.2) is 103 Å². The molecule has 0 saturated carbocycles. The van der Waals surface area contributed by atoms with Crippen LogP contribution in [0.2, 0.25) is 0 Å². The Labute approximate surface area is 309 Å². The molecule has 3 fully saturated rings. The fraction of sp³-hybridized carbons (Fsp3) is 0.357. The van der Waals surface area contributed by atoms with E-state index < -0.39 is 17.8 Å². The average molecular weight is 719 g/mol. The van der Waals surface area contributed by atoms with Crippen molar-refractivity contribution in [3.8, 4) is 11.1 Å². The van der Waals surface area contributed by atoms with Gasteiger partial charge in [-0.1, -0.05) is 91.0 Å². The highest BCUT2D eigenvalue weighted by Gasteiger charge is 2.50. The van der Waals surface area contributed by atoms with Gasteiger partial charge in [0.15, 0.2) is 6.29 Å². The summed E-state index contributed by atoms with van der Waals surface area (Å²) >= 11 is 0. The van der Waals surface area contributed by atoms with Gasteiger partial charge in [0, 0.05) is 50.3 Å². The Kier molecular flexibility index (Phi) is 11.2. The predicted molar refractivity (Wildman–Crippen MR) is 199 cm³/mol. The summed E-state index contributed by atoms with van der Waals surface area (Å²) in [4.78, 5) is 40.9. The van der Waals surface area contributed by atoms with Crippen LogP contribution >= 0.6 is 0 Å². The molecule has 3 aliphatic rings. The van der Waals surface area contributed by atoms with Crippen LogP contribution < -0.4 is 15.5 Å². The van der Waals surface area contributed by atoms with Crippen molar-refractivity contribution in [3.63, 3.8) is 0 Å².